The summed E-state index contributed by atoms with van der Waals surface area (Å²) in [6.45, 7) is 0. The van der Waals surface area contributed by atoms with Gasteiger partial charge in [-0.25, -0.2) is 0 Å². The lowest BCUT2D eigenvalue weighted by Crippen LogP contribution is -2.41. The van der Waals surface area contributed by atoms with Crippen molar-refractivity contribution in [2.45, 2.75) is 25.0 Å². The van der Waals surface area contributed by atoms with Crippen molar-refractivity contribution in [2.75, 3.05) is 7.11 Å². The van der Waals surface area contributed by atoms with Crippen LogP contribution in [-0.4, -0.2) is 43.8 Å². The molecule has 0 aliphatic heterocycles. The van der Waals surface area contributed by atoms with Gasteiger partial charge in [-0.05, 0) is 42.5 Å². The van der Waals surface area contributed by atoms with Crippen LogP contribution in [0, 0.1) is 5.92 Å². The van der Waals surface area contributed by atoms with Gasteiger partial charge in [0.25, 0.3) is 5.91 Å². The van der Waals surface area contributed by atoms with E-state index in [2.05, 4.69) is 20.5 Å². The normalized spacial score (nSPS) is 20.4. The first-order chi connectivity index (χ1) is 12.6. The molecule has 3 heterocycles. The molecule has 1 aliphatic rings. The average Bonchev–Trinajstić information content (AvgIpc) is 3.11. The number of ether oxygens (including phenoxy) is 1. The third-order valence-corrected chi connectivity index (χ3v) is 4.80. The molecule has 8 heteroatoms. The number of methoxy groups -OCH3 is 1. The molecule has 1 aliphatic carbocycles. The number of aliphatic hydroxyl groups is 1. The lowest BCUT2D eigenvalue weighted by molar-refractivity contribution is 0.0234. The number of nitrogens with zero attached hydrogens (tertiary/aromatic N) is 4. The fourth-order valence-electron chi connectivity index (χ4n) is 3.28. The average molecular weight is 353 g/mol. The van der Waals surface area contributed by atoms with Crippen LogP contribution in [0.5, 0.6) is 5.75 Å². The first-order valence-corrected chi connectivity index (χ1v) is 8.41. The van der Waals surface area contributed by atoms with Crippen molar-refractivity contribution >= 4 is 11.6 Å². The van der Waals surface area contributed by atoms with E-state index in [1.54, 1.807) is 48.6 Å². The SMILES string of the molecule is COc1cncc(C(NC(=O)c2ccn3cnnc3c2)C2CC(O)C2)c1. The zero-order valence-electron chi connectivity index (χ0n) is 14.2. The lowest BCUT2D eigenvalue weighted by Gasteiger charge is -2.38. The van der Waals surface area contributed by atoms with Gasteiger partial charge >= 0.3 is 0 Å². The number of pyridine rings is 2. The summed E-state index contributed by atoms with van der Waals surface area (Å²) in [6, 6.07) is 5.04. The third kappa shape index (κ3) is 3.11. The van der Waals surface area contributed by atoms with Crippen molar-refractivity contribution in [3.63, 3.8) is 0 Å². The summed E-state index contributed by atoms with van der Waals surface area (Å²) in [5, 5.41) is 20.6. The Bertz CT molecular complexity index is 935. The van der Waals surface area contributed by atoms with E-state index < -0.39 is 0 Å². The maximum Gasteiger partial charge on any atom is 0.251 e. The number of carbonyl (C=O) groups excluding carboxylic acids is 1. The van der Waals surface area contributed by atoms with Gasteiger partial charge < -0.3 is 15.2 Å². The molecular formula is C18H19N5O3. The number of nitrogens with one attached hydrogen (secondary N) is 1. The molecule has 134 valence electrons. The Morgan fingerprint density at radius 2 is 2.23 bits per heavy atom. The first-order valence-electron chi connectivity index (χ1n) is 8.41. The molecule has 0 radical (unpaired) electrons. The summed E-state index contributed by atoms with van der Waals surface area (Å²) in [6.07, 6.45) is 7.65. The Morgan fingerprint density at radius 3 is 3.00 bits per heavy atom. The molecule has 1 fully saturated rings. The molecule has 3 aromatic rings. The summed E-state index contributed by atoms with van der Waals surface area (Å²) < 4.78 is 6.98. The predicted molar refractivity (Wildman–Crippen MR) is 92.7 cm³/mol. The molecule has 1 amide bonds. The lowest BCUT2D eigenvalue weighted by atomic mass is 9.75. The van der Waals surface area contributed by atoms with Crippen molar-refractivity contribution in [1.82, 2.24) is 24.9 Å². The standard InChI is InChI=1S/C18H19N5O3/c1-26-15-6-13(8-19-9-15)17(12-4-14(24)5-12)21-18(25)11-2-3-23-10-20-22-16(23)7-11/h2-3,6-10,12,14,17,24H,4-5H2,1H3,(H,21,25). The fraction of sp³-hybridized carbons (Fsp3) is 0.333. The highest BCUT2D eigenvalue weighted by atomic mass is 16.5. The van der Waals surface area contributed by atoms with Crippen LogP contribution in [0.4, 0.5) is 0 Å². The van der Waals surface area contributed by atoms with Crippen LogP contribution in [0.2, 0.25) is 0 Å². The monoisotopic (exact) mass is 353 g/mol. The number of rotatable bonds is 5. The summed E-state index contributed by atoms with van der Waals surface area (Å²) in [5.74, 6) is 0.580. The topological polar surface area (TPSA) is 102 Å². The van der Waals surface area contributed by atoms with E-state index >= 15 is 0 Å². The zero-order valence-corrected chi connectivity index (χ0v) is 14.2. The fourth-order valence-corrected chi connectivity index (χ4v) is 3.28. The molecule has 1 saturated carbocycles. The number of aliphatic hydroxyl groups excluding tert-OH is 1. The van der Waals surface area contributed by atoms with E-state index in [0.29, 0.717) is 29.8 Å². The maximum absolute atomic E-state index is 12.8. The smallest absolute Gasteiger partial charge is 0.251 e. The van der Waals surface area contributed by atoms with E-state index in [1.165, 1.54) is 0 Å². The van der Waals surface area contributed by atoms with Gasteiger partial charge in [-0.3, -0.25) is 14.2 Å². The Balaban J connectivity index is 1.60. The van der Waals surface area contributed by atoms with E-state index in [0.717, 1.165) is 5.56 Å². The van der Waals surface area contributed by atoms with Gasteiger partial charge in [0, 0.05) is 18.0 Å². The number of amides is 1. The molecule has 4 rings (SSSR count). The Morgan fingerprint density at radius 1 is 1.38 bits per heavy atom. The Hall–Kier alpha value is -3.00. The van der Waals surface area contributed by atoms with Crippen LogP contribution in [0.25, 0.3) is 5.65 Å². The summed E-state index contributed by atoms with van der Waals surface area (Å²) in [5.41, 5.74) is 1.97. The highest BCUT2D eigenvalue weighted by Gasteiger charge is 2.36. The Kier molecular flexibility index (Phi) is 4.26. The zero-order chi connectivity index (χ0) is 18.1. The minimum Gasteiger partial charge on any atom is -0.495 e. The van der Waals surface area contributed by atoms with Crippen LogP contribution in [0.15, 0.2) is 43.1 Å². The summed E-state index contributed by atoms with van der Waals surface area (Å²) >= 11 is 0. The molecule has 0 spiro atoms. The van der Waals surface area contributed by atoms with Gasteiger partial charge in [0.15, 0.2) is 5.65 Å². The van der Waals surface area contributed by atoms with Crippen molar-refractivity contribution in [3.8, 4) is 5.75 Å². The summed E-state index contributed by atoms with van der Waals surface area (Å²) in [4.78, 5) is 17.0. The number of carbonyl (C=O) groups is 1. The molecule has 2 N–H and O–H groups in total. The van der Waals surface area contributed by atoms with Gasteiger partial charge in [-0.2, -0.15) is 0 Å². The molecule has 1 atom stereocenters. The van der Waals surface area contributed by atoms with E-state index in [4.69, 9.17) is 4.74 Å². The number of hydrogen-bond donors (Lipinski definition) is 2. The van der Waals surface area contributed by atoms with E-state index in [1.807, 2.05) is 6.07 Å². The molecule has 0 saturated heterocycles. The van der Waals surface area contributed by atoms with Crippen molar-refractivity contribution in [1.29, 1.82) is 0 Å². The summed E-state index contributed by atoms with van der Waals surface area (Å²) in [7, 11) is 1.58. The maximum atomic E-state index is 12.8. The van der Waals surface area contributed by atoms with Crippen LogP contribution in [0.1, 0.15) is 34.8 Å². The second kappa shape index (κ2) is 6.72. The molecule has 26 heavy (non-hydrogen) atoms. The van der Waals surface area contributed by atoms with Crippen molar-refractivity contribution < 1.29 is 14.6 Å². The van der Waals surface area contributed by atoms with Crippen LogP contribution < -0.4 is 10.1 Å². The molecule has 3 aromatic heterocycles. The molecular weight excluding hydrogens is 334 g/mol. The van der Waals surface area contributed by atoms with Crippen LogP contribution >= 0.6 is 0 Å². The van der Waals surface area contributed by atoms with Crippen molar-refractivity contribution in [3.05, 3.63) is 54.2 Å². The van der Waals surface area contributed by atoms with Gasteiger partial charge in [0.05, 0.1) is 25.5 Å². The highest BCUT2D eigenvalue weighted by molar-refractivity contribution is 5.95. The Labute approximate surface area is 149 Å². The van der Waals surface area contributed by atoms with Crippen LogP contribution in [-0.2, 0) is 0 Å². The van der Waals surface area contributed by atoms with Gasteiger partial charge in [-0.1, -0.05) is 0 Å². The second-order valence-corrected chi connectivity index (χ2v) is 6.51. The largest absolute Gasteiger partial charge is 0.495 e. The van der Waals surface area contributed by atoms with Gasteiger partial charge in [0.1, 0.15) is 12.1 Å². The molecule has 1 unspecified atom stereocenters. The van der Waals surface area contributed by atoms with Crippen LogP contribution in [0.3, 0.4) is 0 Å². The predicted octanol–water partition coefficient (Wildman–Crippen LogP) is 1.37. The van der Waals surface area contributed by atoms with E-state index in [9.17, 15) is 9.90 Å². The van der Waals surface area contributed by atoms with Crippen molar-refractivity contribution in [2.24, 2.45) is 5.92 Å². The van der Waals surface area contributed by atoms with Gasteiger partial charge in [0.2, 0.25) is 0 Å². The first kappa shape index (κ1) is 16.5. The molecule has 8 nitrogen and oxygen atoms in total. The number of hydrogen-bond acceptors (Lipinski definition) is 6. The second-order valence-electron chi connectivity index (χ2n) is 6.51. The quantitative estimate of drug-likeness (QED) is 0.718. The third-order valence-electron chi connectivity index (χ3n) is 4.80. The molecule has 0 aromatic carbocycles. The van der Waals surface area contributed by atoms with Gasteiger partial charge in [-0.15, -0.1) is 10.2 Å². The highest BCUT2D eigenvalue weighted by Crippen LogP contribution is 2.38. The van der Waals surface area contributed by atoms with E-state index in [-0.39, 0.29) is 24.0 Å². The number of fused-ring (bicyclic) bond motifs is 1. The minimum absolute atomic E-state index is 0.152. The number of aromatic nitrogens is 4. The molecule has 0 bridgehead atoms. The minimum atomic E-state index is -0.315.